The zero-order valence-corrected chi connectivity index (χ0v) is 39.7. The molecule has 12 N–H and O–H groups in total. The van der Waals surface area contributed by atoms with Crippen LogP contribution in [0.4, 0.5) is 26.3 Å². The Morgan fingerprint density at radius 1 is 0.500 bits per heavy atom. The standard InChI is InChI=1S/C49H67F6N9O6/c1-32(56)12-4-2-8-20-69-43-30-41(67-22-10-6-18-63-46(59)60)35(28-39(43)48(50,51)52)26-37(65)24-33-14-16-34(17-15-33)25-38(66)27-36-29-40(49(53,54)55)44(70-21-9-3-5-13-45(57)58)31-42(36)68-23-11-7-19-64-47(61)62/h14-17,28-31,56H,2-13,18-27H2,1H3,(H3,57,58)(H4,59,60,63)(H4,61,62,64). The van der Waals surface area contributed by atoms with E-state index in [-0.39, 0.29) is 79.6 Å². The van der Waals surface area contributed by atoms with E-state index in [0.29, 0.717) is 107 Å². The number of guanidine groups is 2. The number of hydrogen-bond acceptors (Lipinski definition) is 10. The number of halogens is 6. The van der Waals surface area contributed by atoms with Gasteiger partial charge in [-0.15, -0.1) is 0 Å². The molecular formula is C49H67F6N9O6. The lowest BCUT2D eigenvalue weighted by Gasteiger charge is -2.19. The smallest absolute Gasteiger partial charge is 0.419 e. The number of nitrogens with one attached hydrogen (secondary N) is 2. The Morgan fingerprint density at radius 3 is 1.20 bits per heavy atom. The topological polar surface area (TPSA) is 274 Å². The normalized spacial score (nSPS) is 11.4. The van der Waals surface area contributed by atoms with Crippen molar-refractivity contribution in [3.8, 4) is 23.0 Å². The van der Waals surface area contributed by atoms with Crippen LogP contribution in [-0.4, -0.2) is 74.5 Å². The number of nitrogens with zero attached hydrogens (tertiary/aromatic N) is 2. The van der Waals surface area contributed by atoms with Crippen LogP contribution >= 0.6 is 0 Å². The number of rotatable bonds is 34. The first kappa shape index (κ1) is 57.8. The Kier molecular flexibility index (Phi) is 24.3. The number of alkyl halides is 6. The summed E-state index contributed by atoms with van der Waals surface area (Å²) in [4.78, 5) is 34.8. The van der Waals surface area contributed by atoms with Crippen molar-refractivity contribution < 1.29 is 54.9 Å². The van der Waals surface area contributed by atoms with Crippen molar-refractivity contribution in [1.82, 2.24) is 0 Å². The number of nitrogens with two attached hydrogens (primary N) is 5. The quantitative estimate of drug-likeness (QED) is 0.0130. The van der Waals surface area contributed by atoms with Gasteiger partial charge >= 0.3 is 12.4 Å². The monoisotopic (exact) mass is 992 g/mol. The third-order valence-electron chi connectivity index (χ3n) is 10.5. The number of unbranched alkanes of at least 4 members (excludes halogenated alkanes) is 6. The Morgan fingerprint density at radius 2 is 0.857 bits per heavy atom. The number of benzene rings is 3. The van der Waals surface area contributed by atoms with Gasteiger partial charge in [0, 0.05) is 74.2 Å². The van der Waals surface area contributed by atoms with Gasteiger partial charge in [-0.3, -0.25) is 25.0 Å². The minimum Gasteiger partial charge on any atom is -0.493 e. The average molecular weight is 992 g/mol. The lowest BCUT2D eigenvalue weighted by molar-refractivity contribution is -0.139. The summed E-state index contributed by atoms with van der Waals surface area (Å²) in [6, 6.07) is 10.4. The van der Waals surface area contributed by atoms with Crippen LogP contribution in [0.1, 0.15) is 117 Å². The third kappa shape index (κ3) is 22.7. The number of hydrogen-bond donors (Lipinski definition) is 7. The molecule has 0 aliphatic rings. The highest BCUT2D eigenvalue weighted by molar-refractivity contribution is 5.85. The molecule has 0 fully saturated rings. The van der Waals surface area contributed by atoms with Gasteiger partial charge in [-0.25, -0.2) is 0 Å². The molecule has 21 heteroatoms. The summed E-state index contributed by atoms with van der Waals surface area (Å²) in [7, 11) is 0. The van der Waals surface area contributed by atoms with Crippen LogP contribution in [0.3, 0.4) is 0 Å². The minimum atomic E-state index is -4.82. The van der Waals surface area contributed by atoms with Gasteiger partial charge < -0.3 is 53.0 Å². The molecule has 0 aliphatic carbocycles. The van der Waals surface area contributed by atoms with Gasteiger partial charge in [0.25, 0.3) is 0 Å². The van der Waals surface area contributed by atoms with E-state index in [2.05, 4.69) is 9.98 Å². The largest absolute Gasteiger partial charge is 0.493 e. The van der Waals surface area contributed by atoms with Gasteiger partial charge in [-0.2, -0.15) is 26.3 Å². The highest BCUT2D eigenvalue weighted by Gasteiger charge is 2.37. The van der Waals surface area contributed by atoms with E-state index in [1.165, 1.54) is 0 Å². The molecule has 15 nitrogen and oxygen atoms in total. The van der Waals surface area contributed by atoms with Gasteiger partial charge in [0.05, 0.1) is 43.4 Å². The summed E-state index contributed by atoms with van der Waals surface area (Å²) in [6.07, 6.45) is -4.45. The number of aliphatic imine (C=N–C) groups is 2. The number of carbonyl (C=O) groups excluding carboxylic acids is 2. The number of Topliss-reactive ketones (excluding diaryl/α,β-unsaturated/α-hetero) is 2. The number of amidine groups is 1. The van der Waals surface area contributed by atoms with E-state index in [1.54, 1.807) is 31.2 Å². The Bertz CT molecular complexity index is 2070. The summed E-state index contributed by atoms with van der Waals surface area (Å²) in [5.41, 5.74) is 26.3. The first-order valence-electron chi connectivity index (χ1n) is 23.2. The number of ether oxygens (including phenoxy) is 4. The zero-order chi connectivity index (χ0) is 51.7. The second-order valence-electron chi connectivity index (χ2n) is 16.9. The summed E-state index contributed by atoms with van der Waals surface area (Å²) < 4.78 is 109. The molecule has 0 saturated heterocycles. The summed E-state index contributed by atoms with van der Waals surface area (Å²) in [5.74, 6) is -1.75. The average Bonchev–Trinajstić information content (AvgIpc) is 3.26. The highest BCUT2D eigenvalue weighted by Crippen LogP contribution is 2.42. The molecule has 0 saturated carbocycles. The number of ketones is 2. The molecule has 0 aromatic heterocycles. The third-order valence-corrected chi connectivity index (χ3v) is 10.5. The molecule has 386 valence electrons. The van der Waals surface area contributed by atoms with Crippen molar-refractivity contribution in [3.63, 3.8) is 0 Å². The molecule has 0 atom stereocenters. The predicted octanol–water partition coefficient (Wildman–Crippen LogP) is 8.15. The molecule has 0 radical (unpaired) electrons. The maximum Gasteiger partial charge on any atom is 0.419 e. The van der Waals surface area contributed by atoms with Crippen LogP contribution in [-0.2, 0) is 47.6 Å². The maximum atomic E-state index is 14.4. The molecule has 0 amide bonds. The van der Waals surface area contributed by atoms with Crippen molar-refractivity contribution in [2.75, 3.05) is 39.5 Å². The second-order valence-corrected chi connectivity index (χ2v) is 16.9. The fraction of sp³-hybridized carbons (Fsp3) is 0.510. The van der Waals surface area contributed by atoms with E-state index < -0.39 is 59.4 Å². The highest BCUT2D eigenvalue weighted by atomic mass is 19.4. The minimum absolute atomic E-state index is 0.00459. The van der Waals surface area contributed by atoms with Crippen molar-refractivity contribution in [2.45, 2.75) is 122 Å². The van der Waals surface area contributed by atoms with Crippen molar-refractivity contribution >= 4 is 35.0 Å². The molecule has 3 aromatic rings. The van der Waals surface area contributed by atoms with Crippen molar-refractivity contribution in [1.29, 1.82) is 10.8 Å². The van der Waals surface area contributed by atoms with E-state index in [4.69, 9.17) is 58.4 Å². The van der Waals surface area contributed by atoms with Gasteiger partial charge in [-0.1, -0.05) is 24.3 Å². The molecule has 70 heavy (non-hydrogen) atoms. The van der Waals surface area contributed by atoms with E-state index in [9.17, 15) is 35.9 Å². The van der Waals surface area contributed by atoms with E-state index >= 15 is 0 Å². The second kappa shape index (κ2) is 29.5. The fourth-order valence-corrected chi connectivity index (χ4v) is 7.05. The summed E-state index contributed by atoms with van der Waals surface area (Å²) in [5, 5.41) is 14.9. The van der Waals surface area contributed by atoms with Crippen molar-refractivity contribution in [2.24, 2.45) is 38.7 Å². The predicted molar refractivity (Wildman–Crippen MR) is 258 cm³/mol. The molecular weight excluding hydrogens is 925 g/mol. The molecule has 0 heterocycles. The van der Waals surface area contributed by atoms with Crippen LogP contribution in [0.5, 0.6) is 23.0 Å². The van der Waals surface area contributed by atoms with Gasteiger partial charge in [-0.05, 0) is 101 Å². The van der Waals surface area contributed by atoms with Gasteiger partial charge in [0.15, 0.2) is 11.9 Å². The van der Waals surface area contributed by atoms with Crippen LogP contribution in [0.25, 0.3) is 0 Å². The van der Waals surface area contributed by atoms with Crippen LogP contribution in [0.15, 0.2) is 58.5 Å². The molecule has 0 spiro atoms. The molecule has 0 unspecified atom stereocenters. The summed E-state index contributed by atoms with van der Waals surface area (Å²) >= 11 is 0. The van der Waals surface area contributed by atoms with Gasteiger partial charge in [0.1, 0.15) is 34.6 Å². The number of carbonyl (C=O) groups is 2. The lowest BCUT2D eigenvalue weighted by Crippen LogP contribution is -2.23. The van der Waals surface area contributed by atoms with Crippen LogP contribution in [0, 0.1) is 10.8 Å². The van der Waals surface area contributed by atoms with Crippen LogP contribution < -0.4 is 47.6 Å². The Labute approximate surface area is 404 Å². The zero-order valence-electron chi connectivity index (χ0n) is 39.7. The first-order valence-corrected chi connectivity index (χ1v) is 23.2. The van der Waals surface area contributed by atoms with Gasteiger partial charge in [0.2, 0.25) is 0 Å². The Balaban J connectivity index is 1.77. The molecule has 0 bridgehead atoms. The fourth-order valence-electron chi connectivity index (χ4n) is 7.05. The first-order chi connectivity index (χ1) is 33.1. The SMILES string of the molecule is CC(=N)CCCCCOc1cc(OCCCCN=C(N)N)c(CC(=O)Cc2ccc(CC(=O)Cc3cc(C(F)(F)F)c(OCCCCCC(=N)N)cc3OCCCCN=C(N)N)cc2)cc1C(F)(F)F. The maximum absolute atomic E-state index is 14.4. The van der Waals surface area contributed by atoms with Crippen molar-refractivity contribution in [3.05, 3.63) is 81.9 Å². The molecule has 0 aliphatic heterocycles. The Hall–Kier alpha value is -6.54. The van der Waals surface area contributed by atoms with E-state index in [0.717, 1.165) is 24.3 Å². The summed E-state index contributed by atoms with van der Waals surface area (Å²) in [6.45, 7) is 2.48. The molecule has 3 aromatic carbocycles. The lowest BCUT2D eigenvalue weighted by atomic mass is 9.97. The van der Waals surface area contributed by atoms with E-state index in [1.807, 2.05) is 0 Å². The van der Waals surface area contributed by atoms with Crippen LogP contribution in [0.2, 0.25) is 0 Å². The molecule has 3 rings (SSSR count).